The van der Waals surface area contributed by atoms with Gasteiger partial charge in [0.2, 0.25) is 0 Å². The van der Waals surface area contributed by atoms with Crippen LogP contribution in [0.15, 0.2) is 24.3 Å². The van der Waals surface area contributed by atoms with Crippen molar-refractivity contribution in [1.29, 1.82) is 0 Å². The predicted molar refractivity (Wildman–Crippen MR) is 79.6 cm³/mol. The highest BCUT2D eigenvalue weighted by atomic mass is 32.2. The number of hydrogen-bond acceptors (Lipinski definition) is 3. The van der Waals surface area contributed by atoms with Crippen molar-refractivity contribution >= 4 is 23.8 Å². The van der Waals surface area contributed by atoms with Crippen LogP contribution < -0.4 is 15.4 Å². The standard InChI is InChI=1S/C13H14BFN4O2S/c14-11-6-19(11)12-17-13(8-1-3-9(15)4-2-8)7-16-5-10(13)22(20,21)18-12/h1-4,10-11,16H,5-7H2,(H,17,18)/p+1. The minimum absolute atomic E-state index is 0.179. The van der Waals surface area contributed by atoms with Crippen LogP contribution in [0.3, 0.4) is 0 Å². The molecule has 1 aromatic rings. The molecule has 0 aliphatic carbocycles. The highest BCUT2D eigenvalue weighted by Gasteiger charge is 2.60. The van der Waals surface area contributed by atoms with Gasteiger partial charge in [0.25, 0.3) is 10.0 Å². The van der Waals surface area contributed by atoms with Crippen molar-refractivity contribution in [2.45, 2.75) is 16.7 Å². The van der Waals surface area contributed by atoms with Crippen molar-refractivity contribution in [2.75, 3.05) is 19.6 Å². The van der Waals surface area contributed by atoms with E-state index in [1.165, 1.54) is 12.1 Å². The van der Waals surface area contributed by atoms with E-state index in [1.54, 1.807) is 16.7 Å². The Balaban J connectivity index is 1.85. The molecule has 3 aliphatic rings. The van der Waals surface area contributed by atoms with E-state index in [2.05, 4.69) is 15.4 Å². The zero-order valence-corrected chi connectivity index (χ0v) is 12.5. The summed E-state index contributed by atoms with van der Waals surface area (Å²) in [6.45, 7) is 1.37. The minimum atomic E-state index is -3.56. The molecular weight excluding hydrogens is 306 g/mol. The van der Waals surface area contributed by atoms with E-state index < -0.39 is 20.8 Å². The largest absolute Gasteiger partial charge is 0.361 e. The first-order valence-electron chi connectivity index (χ1n) is 7.08. The summed E-state index contributed by atoms with van der Waals surface area (Å²) in [5, 5.41) is 5.75. The van der Waals surface area contributed by atoms with Crippen LogP contribution in [0.4, 0.5) is 4.39 Å². The number of benzene rings is 1. The van der Waals surface area contributed by atoms with E-state index in [0.717, 1.165) is 5.56 Å². The molecule has 0 amide bonds. The Morgan fingerprint density at radius 2 is 2.00 bits per heavy atom. The van der Waals surface area contributed by atoms with Crippen molar-refractivity contribution in [3.63, 3.8) is 0 Å². The Hall–Kier alpha value is -1.61. The topological polar surface area (TPSA) is 73.2 Å². The lowest BCUT2D eigenvalue weighted by Gasteiger charge is -2.36. The van der Waals surface area contributed by atoms with Gasteiger partial charge in [-0.25, -0.2) is 4.39 Å². The quantitative estimate of drug-likeness (QED) is 0.331. The molecule has 4 rings (SSSR count). The summed E-state index contributed by atoms with van der Waals surface area (Å²) in [6, 6.07) is 5.95. The number of fused-ring (bicyclic) bond motifs is 1. The number of guanidine groups is 1. The van der Waals surface area contributed by atoms with Gasteiger partial charge in [-0.1, -0.05) is 12.1 Å². The summed E-state index contributed by atoms with van der Waals surface area (Å²) in [4.78, 5) is 0. The molecule has 114 valence electrons. The molecule has 3 aliphatic heterocycles. The van der Waals surface area contributed by atoms with Gasteiger partial charge < -0.3 is 5.32 Å². The summed E-state index contributed by atoms with van der Waals surface area (Å²) in [5.74, 6) is -0.130. The Morgan fingerprint density at radius 1 is 1.32 bits per heavy atom. The van der Waals surface area contributed by atoms with Gasteiger partial charge in [-0.2, -0.15) is 13.1 Å². The molecule has 3 unspecified atom stereocenters. The van der Waals surface area contributed by atoms with Crippen molar-refractivity contribution in [3.05, 3.63) is 35.6 Å². The molecule has 3 atom stereocenters. The fraction of sp³-hybridized carbons (Fsp3) is 0.462. The number of halogens is 1. The summed E-state index contributed by atoms with van der Waals surface area (Å²) in [6.07, 6.45) is 0. The summed E-state index contributed by atoms with van der Waals surface area (Å²) in [7, 11) is 2.23. The molecule has 3 heterocycles. The number of sulfonamides is 1. The van der Waals surface area contributed by atoms with Crippen LogP contribution in [0.25, 0.3) is 0 Å². The number of nitrogens with one attached hydrogen (secondary N) is 3. The average Bonchev–Trinajstić information content (AvgIpc) is 3.02. The van der Waals surface area contributed by atoms with Crippen LogP contribution in [-0.4, -0.2) is 57.6 Å². The number of nitrogens with zero attached hydrogens (tertiary/aromatic N) is 1. The van der Waals surface area contributed by atoms with Crippen LogP contribution in [-0.2, 0) is 15.6 Å². The molecule has 2 radical (unpaired) electrons. The molecule has 0 bridgehead atoms. The second-order valence-corrected chi connectivity index (χ2v) is 7.80. The molecule has 0 aromatic heterocycles. The van der Waals surface area contributed by atoms with Gasteiger partial charge in [-0.15, -0.1) is 0 Å². The van der Waals surface area contributed by atoms with E-state index in [9.17, 15) is 12.8 Å². The monoisotopic (exact) mass is 321 g/mol. The van der Waals surface area contributed by atoms with Gasteiger partial charge in [0.1, 0.15) is 24.5 Å². The van der Waals surface area contributed by atoms with Crippen LogP contribution in [0.5, 0.6) is 0 Å². The van der Waals surface area contributed by atoms with E-state index in [1.807, 2.05) is 0 Å². The van der Waals surface area contributed by atoms with Gasteiger partial charge >= 0.3 is 5.96 Å². The van der Waals surface area contributed by atoms with Crippen LogP contribution in [0.1, 0.15) is 5.56 Å². The molecule has 22 heavy (non-hydrogen) atoms. The second-order valence-electron chi connectivity index (χ2n) is 5.94. The van der Waals surface area contributed by atoms with Gasteiger partial charge in [0, 0.05) is 13.1 Å². The smallest absolute Gasteiger partial charge is 0.311 e. The van der Waals surface area contributed by atoms with E-state index in [4.69, 9.17) is 7.85 Å². The molecule has 0 spiro atoms. The van der Waals surface area contributed by atoms with E-state index in [0.29, 0.717) is 25.6 Å². The van der Waals surface area contributed by atoms with Gasteiger partial charge in [-0.3, -0.25) is 9.89 Å². The van der Waals surface area contributed by atoms with Crippen molar-refractivity contribution in [3.8, 4) is 0 Å². The normalized spacial score (nSPS) is 38.8. The molecule has 1 aromatic carbocycles. The maximum atomic E-state index is 13.2. The van der Waals surface area contributed by atoms with Gasteiger partial charge in [-0.05, 0) is 17.7 Å². The van der Waals surface area contributed by atoms with Crippen LogP contribution in [0.2, 0.25) is 0 Å². The third-order valence-electron chi connectivity index (χ3n) is 4.54. The predicted octanol–water partition coefficient (Wildman–Crippen LogP) is -1.61. The van der Waals surface area contributed by atoms with Crippen molar-refractivity contribution < 1.29 is 17.4 Å². The molecular formula is C13H15BFN4O2S+. The van der Waals surface area contributed by atoms with Crippen LogP contribution in [0, 0.1) is 5.82 Å². The molecule has 3 saturated heterocycles. The third-order valence-corrected chi connectivity index (χ3v) is 6.33. The first-order chi connectivity index (χ1) is 10.4. The lowest BCUT2D eigenvalue weighted by molar-refractivity contribution is -0.351. The Labute approximate surface area is 129 Å². The summed E-state index contributed by atoms with van der Waals surface area (Å²) in [5.41, 5.74) is -0.0861. The minimum Gasteiger partial charge on any atom is -0.311 e. The average molecular weight is 321 g/mol. The fourth-order valence-corrected chi connectivity index (χ4v) is 5.01. The summed E-state index contributed by atoms with van der Waals surface area (Å²) >= 11 is 0. The number of rotatable bonds is 1. The van der Waals surface area contributed by atoms with E-state index >= 15 is 0 Å². The maximum absolute atomic E-state index is 13.2. The Morgan fingerprint density at radius 3 is 2.64 bits per heavy atom. The van der Waals surface area contributed by atoms with Gasteiger partial charge in [0.15, 0.2) is 0 Å². The second kappa shape index (κ2) is 4.45. The van der Waals surface area contributed by atoms with Crippen LogP contribution >= 0.6 is 0 Å². The Kier molecular flexibility index (Phi) is 2.84. The fourth-order valence-electron chi connectivity index (χ4n) is 3.28. The van der Waals surface area contributed by atoms with Gasteiger partial charge in [0.05, 0.1) is 12.5 Å². The molecule has 9 heteroatoms. The zero-order chi connectivity index (χ0) is 15.5. The van der Waals surface area contributed by atoms with Crippen molar-refractivity contribution in [2.24, 2.45) is 0 Å². The number of hydrogen-bond donors (Lipinski definition) is 3. The highest BCUT2D eigenvalue weighted by Crippen LogP contribution is 2.35. The lowest BCUT2D eigenvalue weighted by atomic mass is 9.88. The lowest BCUT2D eigenvalue weighted by Crippen LogP contribution is -2.68. The maximum Gasteiger partial charge on any atom is 0.361 e. The highest BCUT2D eigenvalue weighted by molar-refractivity contribution is 7.90. The molecule has 6 nitrogen and oxygen atoms in total. The molecule has 0 saturated carbocycles. The SMILES string of the molecule is [B]C1C[N+]1=C1NC2(c3ccc(F)cc3)CNCC2S(=O)(=O)N1. The molecule has 3 N–H and O–H groups in total. The first-order valence-corrected chi connectivity index (χ1v) is 8.63. The first kappa shape index (κ1) is 14.0. The van der Waals surface area contributed by atoms with Crippen molar-refractivity contribution in [1.82, 2.24) is 15.4 Å². The Bertz CT molecular complexity index is 767. The van der Waals surface area contributed by atoms with E-state index in [-0.39, 0.29) is 11.8 Å². The summed E-state index contributed by atoms with van der Waals surface area (Å²) < 4.78 is 42.7. The zero-order valence-electron chi connectivity index (χ0n) is 11.7. The third kappa shape index (κ3) is 1.95. The molecule has 3 fully saturated rings.